The molecular weight excluding hydrogens is 428 g/mol. The van der Waals surface area contributed by atoms with E-state index in [1.54, 1.807) is 19.4 Å². The summed E-state index contributed by atoms with van der Waals surface area (Å²) in [4.78, 5) is 36.7. The largest absolute Gasteiger partial charge is 0.366 e. The van der Waals surface area contributed by atoms with Crippen molar-refractivity contribution in [1.29, 1.82) is 0 Å². The average molecular weight is 453 g/mol. The van der Waals surface area contributed by atoms with Gasteiger partial charge in [0.05, 0.1) is 18.8 Å². The van der Waals surface area contributed by atoms with Gasteiger partial charge in [0.15, 0.2) is 5.78 Å². The summed E-state index contributed by atoms with van der Waals surface area (Å²) in [6.45, 7) is 1.21. The number of Topliss-reactive ketones (excluding diaryl/α,β-unsaturated/α-hetero) is 1. The molecule has 0 aliphatic carbocycles. The third kappa shape index (κ3) is 4.38. The molecule has 2 aromatic carbocycles. The van der Waals surface area contributed by atoms with Crippen LogP contribution < -0.4 is 10.5 Å². The Balaban J connectivity index is 1.41. The maximum atomic E-state index is 13.4. The van der Waals surface area contributed by atoms with E-state index >= 15 is 0 Å². The van der Waals surface area contributed by atoms with Crippen LogP contribution in [0.4, 0.5) is 5.95 Å². The molecule has 3 heterocycles. The first-order valence-electron chi connectivity index (χ1n) is 11.1. The molecule has 170 valence electrons. The molecule has 0 bridgehead atoms. The smallest absolute Gasteiger partial charge is 0.255 e. The molecule has 1 fully saturated rings. The zero-order chi connectivity index (χ0) is 23.5. The standard InChI is InChI=1S/C27H24N4O3/c1-30-25(32)17-23(20-10-12-28-13-11-20)29-27(30)31-14-15-34-24(18-31)26(33)22-9-5-8-21(16-22)19-6-3-2-4-7-19/h2-13,16-17,24H,14-15,18H2,1H3. The second-order valence-corrected chi connectivity index (χ2v) is 8.19. The number of carbonyl (C=O) groups is 1. The second kappa shape index (κ2) is 9.41. The molecule has 0 amide bonds. The highest BCUT2D eigenvalue weighted by Crippen LogP contribution is 2.23. The van der Waals surface area contributed by atoms with Gasteiger partial charge < -0.3 is 9.64 Å². The summed E-state index contributed by atoms with van der Waals surface area (Å²) in [5.41, 5.74) is 3.85. The van der Waals surface area contributed by atoms with Gasteiger partial charge in [-0.2, -0.15) is 0 Å². The van der Waals surface area contributed by atoms with Crippen LogP contribution in [0.1, 0.15) is 10.4 Å². The fourth-order valence-corrected chi connectivity index (χ4v) is 4.14. The van der Waals surface area contributed by atoms with Gasteiger partial charge in [-0.1, -0.05) is 48.5 Å². The first-order chi connectivity index (χ1) is 16.6. The topological polar surface area (TPSA) is 77.3 Å². The van der Waals surface area contributed by atoms with Gasteiger partial charge in [0.2, 0.25) is 5.95 Å². The predicted octanol–water partition coefficient (Wildman–Crippen LogP) is 3.60. The van der Waals surface area contributed by atoms with Crippen molar-refractivity contribution in [3.63, 3.8) is 0 Å². The average Bonchev–Trinajstić information content (AvgIpc) is 2.91. The van der Waals surface area contributed by atoms with Gasteiger partial charge in [0.25, 0.3) is 5.56 Å². The van der Waals surface area contributed by atoms with E-state index in [-0.39, 0.29) is 11.3 Å². The van der Waals surface area contributed by atoms with Crippen molar-refractivity contribution in [2.75, 3.05) is 24.6 Å². The molecule has 1 atom stereocenters. The maximum absolute atomic E-state index is 13.4. The molecule has 0 N–H and O–H groups in total. The van der Waals surface area contributed by atoms with Crippen molar-refractivity contribution in [1.82, 2.24) is 14.5 Å². The number of aromatic nitrogens is 3. The van der Waals surface area contributed by atoms with Crippen molar-refractivity contribution in [2.24, 2.45) is 7.05 Å². The van der Waals surface area contributed by atoms with Crippen molar-refractivity contribution in [3.05, 3.63) is 101 Å². The van der Waals surface area contributed by atoms with E-state index in [1.165, 1.54) is 10.6 Å². The third-order valence-corrected chi connectivity index (χ3v) is 5.98. The predicted molar refractivity (Wildman–Crippen MR) is 131 cm³/mol. The zero-order valence-electron chi connectivity index (χ0n) is 18.8. The Morgan fingerprint density at radius 3 is 2.50 bits per heavy atom. The number of pyridine rings is 1. The Kier molecular flexibility index (Phi) is 6.01. The summed E-state index contributed by atoms with van der Waals surface area (Å²) in [7, 11) is 1.69. The van der Waals surface area contributed by atoms with Crippen LogP contribution in [-0.4, -0.2) is 46.1 Å². The molecule has 7 nitrogen and oxygen atoms in total. The summed E-state index contributed by atoms with van der Waals surface area (Å²) in [5.74, 6) is 0.427. The van der Waals surface area contributed by atoms with Crippen LogP contribution in [-0.2, 0) is 11.8 Å². The highest BCUT2D eigenvalue weighted by atomic mass is 16.5. The quantitative estimate of drug-likeness (QED) is 0.431. The summed E-state index contributed by atoms with van der Waals surface area (Å²) >= 11 is 0. The number of carbonyl (C=O) groups excluding carboxylic acids is 1. The second-order valence-electron chi connectivity index (χ2n) is 8.19. The summed E-state index contributed by atoms with van der Waals surface area (Å²) in [6.07, 6.45) is 2.68. The number of hydrogen-bond donors (Lipinski definition) is 0. The van der Waals surface area contributed by atoms with Crippen LogP contribution in [0.15, 0.2) is 90.0 Å². The van der Waals surface area contributed by atoms with Gasteiger partial charge in [-0.15, -0.1) is 0 Å². The lowest BCUT2D eigenvalue weighted by molar-refractivity contribution is 0.0337. The zero-order valence-corrected chi connectivity index (χ0v) is 18.8. The van der Waals surface area contributed by atoms with Gasteiger partial charge in [0, 0.05) is 43.2 Å². The first-order valence-corrected chi connectivity index (χ1v) is 11.1. The van der Waals surface area contributed by atoms with Crippen LogP contribution in [0.25, 0.3) is 22.4 Å². The monoisotopic (exact) mass is 452 g/mol. The molecule has 1 unspecified atom stereocenters. The van der Waals surface area contributed by atoms with E-state index in [1.807, 2.05) is 71.6 Å². The van der Waals surface area contributed by atoms with Crippen LogP contribution in [0.3, 0.4) is 0 Å². The minimum Gasteiger partial charge on any atom is -0.366 e. The van der Waals surface area contributed by atoms with Gasteiger partial charge in [-0.05, 0) is 29.3 Å². The molecule has 1 aliphatic heterocycles. The first kappa shape index (κ1) is 21.7. The molecule has 0 radical (unpaired) electrons. The highest BCUT2D eigenvalue weighted by molar-refractivity contribution is 6.01. The molecule has 2 aromatic heterocycles. The molecule has 5 rings (SSSR count). The Morgan fingerprint density at radius 2 is 1.71 bits per heavy atom. The van der Waals surface area contributed by atoms with Crippen LogP contribution in [0.5, 0.6) is 0 Å². The van der Waals surface area contributed by atoms with Crippen molar-refractivity contribution < 1.29 is 9.53 Å². The SMILES string of the molecule is Cn1c(N2CCOC(C(=O)c3cccc(-c4ccccc4)c3)C2)nc(-c2ccncc2)cc1=O. The molecule has 1 aliphatic rings. The Hall–Kier alpha value is -4.10. The van der Waals surface area contributed by atoms with Crippen molar-refractivity contribution in [2.45, 2.75) is 6.10 Å². The number of benzene rings is 2. The Labute approximate surface area is 197 Å². The Bertz CT molecular complexity index is 1370. The minimum atomic E-state index is -0.652. The van der Waals surface area contributed by atoms with Crippen molar-refractivity contribution >= 4 is 11.7 Å². The number of hydrogen-bond acceptors (Lipinski definition) is 6. The molecular formula is C27H24N4O3. The third-order valence-electron chi connectivity index (χ3n) is 5.98. The van der Waals surface area contributed by atoms with Gasteiger partial charge >= 0.3 is 0 Å². The van der Waals surface area contributed by atoms with E-state index in [0.717, 1.165) is 16.7 Å². The van der Waals surface area contributed by atoms with Crippen LogP contribution >= 0.6 is 0 Å². The molecule has 4 aromatic rings. The molecule has 0 spiro atoms. The fourth-order valence-electron chi connectivity index (χ4n) is 4.14. The molecule has 7 heteroatoms. The molecule has 34 heavy (non-hydrogen) atoms. The van der Waals surface area contributed by atoms with Crippen LogP contribution in [0.2, 0.25) is 0 Å². The summed E-state index contributed by atoms with van der Waals surface area (Å²) in [6, 6.07) is 22.7. The fraction of sp³-hybridized carbons (Fsp3) is 0.185. The summed E-state index contributed by atoms with van der Waals surface area (Å²) in [5, 5.41) is 0. The van der Waals surface area contributed by atoms with E-state index < -0.39 is 6.10 Å². The Morgan fingerprint density at radius 1 is 0.941 bits per heavy atom. The van der Waals surface area contributed by atoms with Gasteiger partial charge in [-0.3, -0.25) is 19.1 Å². The van der Waals surface area contributed by atoms with Crippen molar-refractivity contribution in [3.8, 4) is 22.4 Å². The lowest BCUT2D eigenvalue weighted by Crippen LogP contribution is -2.48. The van der Waals surface area contributed by atoms with Gasteiger partial charge in [-0.25, -0.2) is 4.98 Å². The van der Waals surface area contributed by atoms with E-state index in [2.05, 4.69) is 4.98 Å². The van der Waals surface area contributed by atoms with E-state index in [4.69, 9.17) is 9.72 Å². The van der Waals surface area contributed by atoms with E-state index in [0.29, 0.717) is 36.9 Å². The highest BCUT2D eigenvalue weighted by Gasteiger charge is 2.29. The number of ether oxygens (including phenoxy) is 1. The number of rotatable bonds is 5. The minimum absolute atomic E-state index is 0.0854. The van der Waals surface area contributed by atoms with E-state index in [9.17, 15) is 9.59 Å². The number of morpholine rings is 1. The normalized spacial score (nSPS) is 15.8. The number of ketones is 1. The number of anilines is 1. The lowest BCUT2D eigenvalue weighted by Gasteiger charge is -2.33. The molecule has 0 saturated carbocycles. The maximum Gasteiger partial charge on any atom is 0.255 e. The van der Waals surface area contributed by atoms with Gasteiger partial charge in [0.1, 0.15) is 6.10 Å². The van der Waals surface area contributed by atoms with Crippen LogP contribution in [0, 0.1) is 0 Å². The summed E-state index contributed by atoms with van der Waals surface area (Å²) < 4.78 is 7.37. The lowest BCUT2D eigenvalue weighted by atomic mass is 9.99. The number of nitrogens with zero attached hydrogens (tertiary/aromatic N) is 4. The molecule has 1 saturated heterocycles.